The molecular formula is C19H18N4O2S2. The molecular weight excluding hydrogens is 380 g/mol. The zero-order valence-electron chi connectivity index (χ0n) is 15.4. The first-order valence-corrected chi connectivity index (χ1v) is 10.2. The number of thiophene rings is 1. The highest BCUT2D eigenvalue weighted by molar-refractivity contribution is 7.98. The monoisotopic (exact) mass is 398 g/mol. The van der Waals surface area contributed by atoms with E-state index >= 15 is 0 Å². The third-order valence-corrected chi connectivity index (χ3v) is 6.82. The Morgan fingerprint density at radius 2 is 1.96 bits per heavy atom. The summed E-state index contributed by atoms with van der Waals surface area (Å²) in [5.41, 5.74) is 3.12. The SMILES string of the molecule is Cc1sc2nc(SCc3cc(=O)n4cccc(C)c4n3)n(C)c(=O)c2c1C. The molecule has 0 fully saturated rings. The standard InChI is InChI=1S/C19H18N4O2S2/c1-10-6-5-7-23-14(24)8-13(20-16(10)23)9-26-19-21-17-15(18(25)22(19)4)11(2)12(3)27-17/h5-8H,9H2,1-4H3. The van der Waals surface area contributed by atoms with Crippen molar-refractivity contribution in [2.45, 2.75) is 31.7 Å². The number of thioether (sulfide) groups is 1. The molecule has 4 aromatic heterocycles. The number of pyridine rings is 1. The molecule has 0 saturated carbocycles. The third-order valence-electron chi connectivity index (χ3n) is 4.66. The predicted octanol–water partition coefficient (Wildman–Crippen LogP) is 3.22. The molecule has 0 aliphatic carbocycles. The van der Waals surface area contributed by atoms with Gasteiger partial charge in [0, 0.05) is 29.9 Å². The van der Waals surface area contributed by atoms with Crippen molar-refractivity contribution in [2.24, 2.45) is 7.05 Å². The van der Waals surface area contributed by atoms with Crippen molar-refractivity contribution in [1.82, 2.24) is 18.9 Å². The lowest BCUT2D eigenvalue weighted by Gasteiger charge is -2.08. The van der Waals surface area contributed by atoms with E-state index in [2.05, 4.69) is 9.97 Å². The van der Waals surface area contributed by atoms with Gasteiger partial charge in [-0.05, 0) is 38.0 Å². The van der Waals surface area contributed by atoms with E-state index in [1.807, 2.05) is 32.9 Å². The fraction of sp³-hybridized carbons (Fsp3) is 0.263. The Labute approximate surface area is 163 Å². The average Bonchev–Trinajstić information content (AvgIpc) is 2.92. The number of aromatic nitrogens is 4. The lowest BCUT2D eigenvalue weighted by Crippen LogP contribution is -2.20. The highest BCUT2D eigenvalue weighted by Gasteiger charge is 2.15. The smallest absolute Gasteiger partial charge is 0.262 e. The molecule has 0 spiro atoms. The molecule has 0 N–H and O–H groups in total. The number of hydrogen-bond acceptors (Lipinski definition) is 6. The number of hydrogen-bond donors (Lipinski definition) is 0. The van der Waals surface area contributed by atoms with E-state index in [1.54, 1.807) is 22.2 Å². The van der Waals surface area contributed by atoms with Crippen molar-refractivity contribution < 1.29 is 0 Å². The molecule has 4 rings (SSSR count). The minimum Gasteiger partial charge on any atom is -0.290 e. The first-order valence-electron chi connectivity index (χ1n) is 8.44. The van der Waals surface area contributed by atoms with Crippen LogP contribution in [0.2, 0.25) is 0 Å². The summed E-state index contributed by atoms with van der Waals surface area (Å²) >= 11 is 2.95. The molecule has 8 heteroatoms. The van der Waals surface area contributed by atoms with Crippen LogP contribution in [0.1, 0.15) is 21.7 Å². The van der Waals surface area contributed by atoms with Gasteiger partial charge in [-0.2, -0.15) is 0 Å². The molecule has 0 bridgehead atoms. The summed E-state index contributed by atoms with van der Waals surface area (Å²) in [6.07, 6.45) is 1.72. The van der Waals surface area contributed by atoms with Crippen molar-refractivity contribution in [1.29, 1.82) is 0 Å². The van der Waals surface area contributed by atoms with Crippen molar-refractivity contribution in [3.63, 3.8) is 0 Å². The normalized spacial score (nSPS) is 11.6. The summed E-state index contributed by atoms with van der Waals surface area (Å²) in [5.74, 6) is 0.467. The molecule has 0 amide bonds. The summed E-state index contributed by atoms with van der Waals surface area (Å²) in [4.78, 5) is 36.2. The second-order valence-corrected chi connectivity index (χ2v) is 8.63. The molecule has 0 saturated heterocycles. The molecule has 138 valence electrons. The summed E-state index contributed by atoms with van der Waals surface area (Å²) in [5, 5.41) is 1.32. The summed E-state index contributed by atoms with van der Waals surface area (Å²) in [7, 11) is 1.73. The second kappa shape index (κ2) is 6.61. The third kappa shape index (κ3) is 2.98. The van der Waals surface area contributed by atoms with E-state index in [0.29, 0.717) is 27.6 Å². The number of aryl methyl sites for hydroxylation is 3. The van der Waals surface area contributed by atoms with Gasteiger partial charge in [0.25, 0.3) is 11.1 Å². The average molecular weight is 399 g/mol. The first kappa shape index (κ1) is 17.9. The van der Waals surface area contributed by atoms with Crippen molar-refractivity contribution >= 4 is 39.0 Å². The molecule has 0 aliphatic rings. The van der Waals surface area contributed by atoms with Crippen LogP contribution in [0.15, 0.2) is 39.1 Å². The van der Waals surface area contributed by atoms with Gasteiger partial charge in [-0.3, -0.25) is 18.6 Å². The second-order valence-electron chi connectivity index (χ2n) is 6.48. The molecule has 0 atom stereocenters. The van der Waals surface area contributed by atoms with Crippen LogP contribution in [0.4, 0.5) is 0 Å². The molecule has 0 unspecified atom stereocenters. The summed E-state index contributed by atoms with van der Waals surface area (Å²) in [6.45, 7) is 5.89. The number of fused-ring (bicyclic) bond motifs is 2. The first-order chi connectivity index (χ1) is 12.9. The Balaban J connectivity index is 1.73. The van der Waals surface area contributed by atoms with Crippen LogP contribution in [0.25, 0.3) is 15.9 Å². The fourth-order valence-corrected chi connectivity index (χ4v) is 4.94. The van der Waals surface area contributed by atoms with E-state index in [1.165, 1.54) is 29.2 Å². The number of nitrogens with zero attached hydrogens (tertiary/aromatic N) is 4. The Bertz CT molecular complexity index is 1320. The highest BCUT2D eigenvalue weighted by Crippen LogP contribution is 2.28. The quantitative estimate of drug-likeness (QED) is 0.391. The maximum absolute atomic E-state index is 12.7. The molecule has 27 heavy (non-hydrogen) atoms. The van der Waals surface area contributed by atoms with Crippen LogP contribution in [0.3, 0.4) is 0 Å². The molecule has 4 aromatic rings. The van der Waals surface area contributed by atoms with Crippen LogP contribution in [-0.4, -0.2) is 18.9 Å². The van der Waals surface area contributed by atoms with Crippen molar-refractivity contribution in [3.8, 4) is 0 Å². The van der Waals surface area contributed by atoms with Crippen LogP contribution in [-0.2, 0) is 12.8 Å². The van der Waals surface area contributed by atoms with E-state index in [-0.39, 0.29) is 11.1 Å². The van der Waals surface area contributed by atoms with E-state index in [9.17, 15) is 9.59 Å². The molecule has 4 heterocycles. The van der Waals surface area contributed by atoms with Crippen LogP contribution in [0, 0.1) is 20.8 Å². The molecule has 6 nitrogen and oxygen atoms in total. The fourth-order valence-electron chi connectivity index (χ4n) is 3.01. The van der Waals surface area contributed by atoms with Crippen molar-refractivity contribution in [3.05, 3.63) is 66.8 Å². The van der Waals surface area contributed by atoms with Crippen LogP contribution < -0.4 is 11.1 Å². The Kier molecular flexibility index (Phi) is 4.39. The predicted molar refractivity (Wildman–Crippen MR) is 110 cm³/mol. The minimum atomic E-state index is -0.110. The maximum atomic E-state index is 12.7. The van der Waals surface area contributed by atoms with Gasteiger partial charge in [0.05, 0.1) is 11.1 Å². The zero-order valence-corrected chi connectivity index (χ0v) is 17.1. The topological polar surface area (TPSA) is 69.3 Å². The van der Waals surface area contributed by atoms with Crippen molar-refractivity contribution in [2.75, 3.05) is 0 Å². The highest BCUT2D eigenvalue weighted by atomic mass is 32.2. The number of rotatable bonds is 3. The van der Waals surface area contributed by atoms with Gasteiger partial charge in [0.15, 0.2) is 5.16 Å². The van der Waals surface area contributed by atoms with Crippen LogP contribution in [0.5, 0.6) is 0 Å². The van der Waals surface area contributed by atoms with Gasteiger partial charge in [-0.15, -0.1) is 11.3 Å². The van der Waals surface area contributed by atoms with E-state index < -0.39 is 0 Å². The Morgan fingerprint density at radius 3 is 2.74 bits per heavy atom. The molecule has 0 aromatic carbocycles. The summed E-state index contributed by atoms with van der Waals surface area (Å²) < 4.78 is 3.12. The van der Waals surface area contributed by atoms with Gasteiger partial charge in [-0.25, -0.2) is 9.97 Å². The zero-order chi connectivity index (χ0) is 19.3. The van der Waals surface area contributed by atoms with Gasteiger partial charge >= 0.3 is 0 Å². The molecule has 0 radical (unpaired) electrons. The van der Waals surface area contributed by atoms with E-state index in [4.69, 9.17) is 0 Å². The maximum Gasteiger partial charge on any atom is 0.262 e. The Hall–Kier alpha value is -2.45. The molecule has 0 aliphatic heterocycles. The van der Waals surface area contributed by atoms with Gasteiger partial charge in [0.2, 0.25) is 0 Å². The lowest BCUT2D eigenvalue weighted by molar-refractivity contribution is 0.727. The lowest BCUT2D eigenvalue weighted by atomic mass is 10.2. The minimum absolute atomic E-state index is 0.0354. The summed E-state index contributed by atoms with van der Waals surface area (Å²) in [6, 6.07) is 5.30. The van der Waals surface area contributed by atoms with Gasteiger partial charge in [0.1, 0.15) is 10.5 Å². The Morgan fingerprint density at radius 1 is 1.19 bits per heavy atom. The van der Waals surface area contributed by atoms with E-state index in [0.717, 1.165) is 20.8 Å². The van der Waals surface area contributed by atoms with Crippen LogP contribution >= 0.6 is 23.1 Å². The largest absolute Gasteiger partial charge is 0.290 e. The van der Waals surface area contributed by atoms with Gasteiger partial charge in [-0.1, -0.05) is 17.8 Å². The van der Waals surface area contributed by atoms with Gasteiger partial charge < -0.3 is 0 Å².